The van der Waals surface area contributed by atoms with Gasteiger partial charge >= 0.3 is 0 Å². The van der Waals surface area contributed by atoms with Crippen molar-refractivity contribution < 1.29 is 14.7 Å². The zero-order valence-electron chi connectivity index (χ0n) is 13.7. The summed E-state index contributed by atoms with van der Waals surface area (Å²) in [5.74, 6) is -0.101. The Hall–Kier alpha value is -1.10. The highest BCUT2D eigenvalue weighted by Gasteiger charge is 2.38. The lowest BCUT2D eigenvalue weighted by Crippen LogP contribution is -2.41. The molecule has 2 atom stereocenters. The van der Waals surface area contributed by atoms with Gasteiger partial charge in [0.1, 0.15) is 0 Å². The minimum Gasteiger partial charge on any atom is -0.396 e. The van der Waals surface area contributed by atoms with Crippen molar-refractivity contribution in [2.45, 2.75) is 76.8 Å². The highest BCUT2D eigenvalue weighted by Crippen LogP contribution is 2.28. The van der Waals surface area contributed by atoms with E-state index < -0.39 is 0 Å². The van der Waals surface area contributed by atoms with Crippen molar-refractivity contribution in [3.05, 3.63) is 0 Å². The van der Waals surface area contributed by atoms with Crippen molar-refractivity contribution in [2.24, 2.45) is 5.92 Å². The Balaban J connectivity index is 1.89. The largest absolute Gasteiger partial charge is 0.396 e. The molecule has 0 spiro atoms. The number of carbonyl (C=O) groups excluding carboxylic acids is 2. The molecule has 2 aliphatic rings. The second-order valence-corrected chi connectivity index (χ2v) is 6.72. The Bertz CT molecular complexity index is 378. The first-order valence-electron chi connectivity index (χ1n) is 8.86. The number of amides is 2. The summed E-state index contributed by atoms with van der Waals surface area (Å²) >= 11 is 0. The first kappa shape index (κ1) is 17.3. The molecule has 126 valence electrons. The maximum atomic E-state index is 12.4. The molecule has 0 bridgehead atoms. The average molecular weight is 310 g/mol. The van der Waals surface area contributed by atoms with Crippen LogP contribution in [0.4, 0.5) is 0 Å². The number of nitrogens with zero attached hydrogens (tertiary/aromatic N) is 1. The van der Waals surface area contributed by atoms with Crippen molar-refractivity contribution >= 4 is 11.8 Å². The van der Waals surface area contributed by atoms with Gasteiger partial charge in [0.15, 0.2) is 0 Å². The number of hydrogen-bond donors (Lipinski definition) is 2. The van der Waals surface area contributed by atoms with E-state index in [4.69, 9.17) is 5.11 Å². The highest BCUT2D eigenvalue weighted by molar-refractivity contribution is 5.89. The van der Waals surface area contributed by atoms with E-state index in [2.05, 4.69) is 5.32 Å². The molecule has 22 heavy (non-hydrogen) atoms. The van der Waals surface area contributed by atoms with E-state index in [1.165, 1.54) is 25.7 Å². The van der Waals surface area contributed by atoms with E-state index >= 15 is 0 Å². The van der Waals surface area contributed by atoms with Crippen LogP contribution in [0.1, 0.15) is 64.7 Å². The minimum absolute atomic E-state index is 0.0135. The Kier molecular flexibility index (Phi) is 6.68. The summed E-state index contributed by atoms with van der Waals surface area (Å²) < 4.78 is 0. The van der Waals surface area contributed by atoms with E-state index in [0.717, 1.165) is 19.3 Å². The summed E-state index contributed by atoms with van der Waals surface area (Å²) in [7, 11) is 0. The molecule has 2 N–H and O–H groups in total. The summed E-state index contributed by atoms with van der Waals surface area (Å²) in [6.07, 6.45) is 8.82. The lowest BCUT2D eigenvalue weighted by atomic mass is 10.1. The van der Waals surface area contributed by atoms with Crippen LogP contribution in [0, 0.1) is 5.92 Å². The quantitative estimate of drug-likeness (QED) is 0.735. The predicted molar refractivity (Wildman–Crippen MR) is 85.2 cm³/mol. The van der Waals surface area contributed by atoms with Gasteiger partial charge in [-0.2, -0.15) is 0 Å². The third-order valence-corrected chi connectivity index (χ3v) is 5.11. The lowest BCUT2D eigenvalue weighted by molar-refractivity contribution is -0.130. The van der Waals surface area contributed by atoms with Crippen molar-refractivity contribution in [3.63, 3.8) is 0 Å². The fourth-order valence-electron chi connectivity index (χ4n) is 3.68. The molecule has 2 unspecified atom stereocenters. The van der Waals surface area contributed by atoms with Crippen LogP contribution in [-0.4, -0.2) is 47.1 Å². The maximum absolute atomic E-state index is 12.4. The van der Waals surface area contributed by atoms with Crippen LogP contribution in [0.3, 0.4) is 0 Å². The van der Waals surface area contributed by atoms with Crippen LogP contribution >= 0.6 is 0 Å². The Labute approximate surface area is 133 Å². The van der Waals surface area contributed by atoms with Gasteiger partial charge in [-0.15, -0.1) is 0 Å². The summed E-state index contributed by atoms with van der Waals surface area (Å²) in [6, 6.07) is 0.353. The van der Waals surface area contributed by atoms with Gasteiger partial charge in [0.2, 0.25) is 11.8 Å². The van der Waals surface area contributed by atoms with Crippen LogP contribution in [0.25, 0.3) is 0 Å². The highest BCUT2D eigenvalue weighted by atomic mass is 16.3. The average Bonchev–Trinajstić information content (AvgIpc) is 2.73. The van der Waals surface area contributed by atoms with Gasteiger partial charge in [-0.1, -0.05) is 32.6 Å². The summed E-state index contributed by atoms with van der Waals surface area (Å²) in [5.41, 5.74) is 0. The molecule has 0 aromatic heterocycles. The third kappa shape index (κ3) is 4.45. The number of aliphatic hydroxyl groups is 1. The second-order valence-electron chi connectivity index (χ2n) is 6.72. The molecule has 1 saturated carbocycles. The summed E-state index contributed by atoms with van der Waals surface area (Å²) in [4.78, 5) is 26.6. The van der Waals surface area contributed by atoms with Crippen LogP contribution in [0.5, 0.6) is 0 Å². The molecule has 2 rings (SSSR count). The monoisotopic (exact) mass is 310 g/mol. The molecule has 0 aromatic rings. The molecular weight excluding hydrogens is 280 g/mol. The topological polar surface area (TPSA) is 69.6 Å². The first-order chi connectivity index (χ1) is 10.7. The molecule has 0 aromatic carbocycles. The van der Waals surface area contributed by atoms with Crippen LogP contribution in [0.15, 0.2) is 0 Å². The zero-order valence-corrected chi connectivity index (χ0v) is 13.7. The smallest absolute Gasteiger partial charge is 0.225 e. The van der Waals surface area contributed by atoms with Gasteiger partial charge in [-0.3, -0.25) is 9.59 Å². The van der Waals surface area contributed by atoms with E-state index in [1.54, 1.807) is 0 Å². The van der Waals surface area contributed by atoms with E-state index in [9.17, 15) is 9.59 Å². The first-order valence-corrected chi connectivity index (χ1v) is 8.86. The maximum Gasteiger partial charge on any atom is 0.225 e. The Morgan fingerprint density at radius 1 is 1.32 bits per heavy atom. The second kappa shape index (κ2) is 8.51. The molecule has 1 aliphatic carbocycles. The molecule has 5 heteroatoms. The van der Waals surface area contributed by atoms with Crippen molar-refractivity contribution in [1.29, 1.82) is 0 Å². The van der Waals surface area contributed by atoms with Gasteiger partial charge in [0, 0.05) is 31.7 Å². The molecular formula is C17H30N2O3. The summed E-state index contributed by atoms with van der Waals surface area (Å²) in [5, 5.41) is 12.0. The normalized spacial score (nSPS) is 25.1. The molecule has 1 heterocycles. The Morgan fingerprint density at radius 3 is 2.59 bits per heavy atom. The molecule has 2 amide bonds. The van der Waals surface area contributed by atoms with Crippen LogP contribution < -0.4 is 5.32 Å². The van der Waals surface area contributed by atoms with Crippen molar-refractivity contribution in [3.8, 4) is 0 Å². The molecule has 0 radical (unpaired) electrons. The number of rotatable bonds is 6. The fraction of sp³-hybridized carbons (Fsp3) is 0.882. The van der Waals surface area contributed by atoms with Gasteiger partial charge < -0.3 is 15.3 Å². The minimum atomic E-state index is -0.219. The number of nitrogens with one attached hydrogen (secondary N) is 1. The SMILES string of the molecule is CCC(CCO)NC(=O)C1CC(=O)N(C2CCCCCC2)C1. The Morgan fingerprint density at radius 2 is 2.00 bits per heavy atom. The van der Waals surface area contributed by atoms with Gasteiger partial charge in [0.25, 0.3) is 0 Å². The molecule has 1 aliphatic heterocycles. The third-order valence-electron chi connectivity index (χ3n) is 5.11. The fourth-order valence-corrected chi connectivity index (χ4v) is 3.68. The molecule has 1 saturated heterocycles. The predicted octanol–water partition coefficient (Wildman–Crippen LogP) is 1.83. The molecule has 2 fully saturated rings. The zero-order chi connectivity index (χ0) is 15.9. The van der Waals surface area contributed by atoms with Crippen LogP contribution in [0.2, 0.25) is 0 Å². The van der Waals surface area contributed by atoms with Crippen molar-refractivity contribution in [2.75, 3.05) is 13.2 Å². The number of hydrogen-bond acceptors (Lipinski definition) is 3. The number of carbonyl (C=O) groups is 2. The number of aliphatic hydroxyl groups excluding tert-OH is 1. The van der Waals surface area contributed by atoms with Gasteiger partial charge in [0.05, 0.1) is 5.92 Å². The summed E-state index contributed by atoms with van der Waals surface area (Å²) in [6.45, 7) is 2.65. The van der Waals surface area contributed by atoms with Crippen LogP contribution in [-0.2, 0) is 9.59 Å². The van der Waals surface area contributed by atoms with E-state index in [-0.39, 0.29) is 30.4 Å². The van der Waals surface area contributed by atoms with E-state index in [1.807, 2.05) is 11.8 Å². The lowest BCUT2D eigenvalue weighted by Gasteiger charge is -2.27. The molecule has 5 nitrogen and oxygen atoms in total. The standard InChI is InChI=1S/C17H30N2O3/c1-2-14(9-10-20)18-17(22)13-11-16(21)19(12-13)15-7-5-3-4-6-8-15/h13-15,20H,2-12H2,1H3,(H,18,22). The van der Waals surface area contributed by atoms with Gasteiger partial charge in [-0.25, -0.2) is 0 Å². The van der Waals surface area contributed by atoms with Gasteiger partial charge in [-0.05, 0) is 25.7 Å². The van der Waals surface area contributed by atoms with E-state index in [0.29, 0.717) is 25.4 Å². The number of likely N-dealkylation sites (tertiary alicyclic amines) is 1. The van der Waals surface area contributed by atoms with Crippen molar-refractivity contribution in [1.82, 2.24) is 10.2 Å².